The summed E-state index contributed by atoms with van der Waals surface area (Å²) < 4.78 is 0. The van der Waals surface area contributed by atoms with Crippen molar-refractivity contribution >= 4 is 0 Å². The Balaban J connectivity index is 2.06. The van der Waals surface area contributed by atoms with Crippen molar-refractivity contribution in [1.29, 1.82) is 0 Å². The standard InChI is InChI=1S/C18H23NO/c1-13-8-14(2)10-18(9-13)15(3)19-11-16-6-4-5-7-17(16)12-20/h4-10,15,19-20H,11-12H2,1-3H3. The van der Waals surface area contributed by atoms with E-state index in [1.807, 2.05) is 18.2 Å². The summed E-state index contributed by atoms with van der Waals surface area (Å²) in [6.07, 6.45) is 0. The van der Waals surface area contributed by atoms with Crippen LogP contribution >= 0.6 is 0 Å². The lowest BCUT2D eigenvalue weighted by molar-refractivity contribution is 0.280. The van der Waals surface area contributed by atoms with Gasteiger partial charge in [0.1, 0.15) is 0 Å². The third-order valence-corrected chi connectivity index (χ3v) is 3.63. The molecule has 0 heterocycles. The van der Waals surface area contributed by atoms with Gasteiger partial charge in [-0.2, -0.15) is 0 Å². The van der Waals surface area contributed by atoms with Crippen molar-refractivity contribution in [3.63, 3.8) is 0 Å². The molecular weight excluding hydrogens is 246 g/mol. The molecule has 2 N–H and O–H groups in total. The van der Waals surface area contributed by atoms with Gasteiger partial charge in [0.15, 0.2) is 0 Å². The zero-order chi connectivity index (χ0) is 14.5. The summed E-state index contributed by atoms with van der Waals surface area (Å²) >= 11 is 0. The summed E-state index contributed by atoms with van der Waals surface area (Å²) in [5.41, 5.74) is 6.05. The maximum atomic E-state index is 9.35. The van der Waals surface area contributed by atoms with E-state index < -0.39 is 0 Å². The molecule has 0 spiro atoms. The highest BCUT2D eigenvalue weighted by atomic mass is 16.3. The molecule has 2 aromatic carbocycles. The Hall–Kier alpha value is -1.64. The summed E-state index contributed by atoms with van der Waals surface area (Å²) in [6.45, 7) is 7.30. The van der Waals surface area contributed by atoms with Gasteiger partial charge in [-0.25, -0.2) is 0 Å². The van der Waals surface area contributed by atoms with E-state index in [0.29, 0.717) is 6.04 Å². The summed E-state index contributed by atoms with van der Waals surface area (Å²) in [5.74, 6) is 0. The van der Waals surface area contributed by atoms with Crippen molar-refractivity contribution < 1.29 is 5.11 Å². The minimum atomic E-state index is 0.0930. The predicted octanol–water partition coefficient (Wildman–Crippen LogP) is 3.65. The van der Waals surface area contributed by atoms with E-state index in [4.69, 9.17) is 0 Å². The Morgan fingerprint density at radius 2 is 1.60 bits per heavy atom. The van der Waals surface area contributed by atoms with Crippen molar-refractivity contribution in [2.45, 2.75) is 40.0 Å². The summed E-state index contributed by atoms with van der Waals surface area (Å²) in [5, 5.41) is 12.9. The lowest BCUT2D eigenvalue weighted by Crippen LogP contribution is -2.19. The van der Waals surface area contributed by atoms with Gasteiger partial charge in [-0.3, -0.25) is 0 Å². The molecule has 0 aliphatic carbocycles. The molecule has 2 nitrogen and oxygen atoms in total. The monoisotopic (exact) mass is 269 g/mol. The van der Waals surface area contributed by atoms with Crippen LogP contribution in [0.1, 0.15) is 40.8 Å². The molecule has 0 saturated carbocycles. The summed E-state index contributed by atoms with van der Waals surface area (Å²) in [4.78, 5) is 0. The highest BCUT2D eigenvalue weighted by Gasteiger charge is 2.07. The molecule has 20 heavy (non-hydrogen) atoms. The first-order chi connectivity index (χ1) is 9.60. The van der Waals surface area contributed by atoms with E-state index in [2.05, 4.69) is 50.4 Å². The molecule has 0 aliphatic heterocycles. The van der Waals surface area contributed by atoms with Crippen molar-refractivity contribution in [3.8, 4) is 0 Å². The molecule has 106 valence electrons. The lowest BCUT2D eigenvalue weighted by Gasteiger charge is -2.17. The van der Waals surface area contributed by atoms with Gasteiger partial charge in [0.25, 0.3) is 0 Å². The van der Waals surface area contributed by atoms with Crippen LogP contribution in [0.3, 0.4) is 0 Å². The Morgan fingerprint density at radius 1 is 1.00 bits per heavy atom. The van der Waals surface area contributed by atoms with E-state index in [1.54, 1.807) is 0 Å². The molecule has 0 fully saturated rings. The van der Waals surface area contributed by atoms with Crippen LogP contribution in [0.5, 0.6) is 0 Å². The average molecular weight is 269 g/mol. The third-order valence-electron chi connectivity index (χ3n) is 3.63. The fourth-order valence-corrected chi connectivity index (χ4v) is 2.53. The fourth-order valence-electron chi connectivity index (χ4n) is 2.53. The molecular formula is C18H23NO. The van der Waals surface area contributed by atoms with E-state index in [1.165, 1.54) is 16.7 Å². The molecule has 2 heteroatoms. The summed E-state index contributed by atoms with van der Waals surface area (Å²) in [7, 11) is 0. The fraction of sp³-hybridized carbons (Fsp3) is 0.333. The highest BCUT2D eigenvalue weighted by Crippen LogP contribution is 2.18. The number of aryl methyl sites for hydroxylation is 2. The number of aliphatic hydroxyl groups excluding tert-OH is 1. The maximum Gasteiger partial charge on any atom is 0.0685 e. The van der Waals surface area contributed by atoms with E-state index >= 15 is 0 Å². The van der Waals surface area contributed by atoms with E-state index in [0.717, 1.165) is 17.7 Å². The highest BCUT2D eigenvalue weighted by molar-refractivity contribution is 5.31. The minimum Gasteiger partial charge on any atom is -0.392 e. The minimum absolute atomic E-state index is 0.0930. The normalized spacial score (nSPS) is 12.4. The average Bonchev–Trinajstić information content (AvgIpc) is 2.44. The molecule has 0 aromatic heterocycles. The van der Waals surface area contributed by atoms with Gasteiger partial charge in [0.2, 0.25) is 0 Å². The number of benzene rings is 2. The van der Waals surface area contributed by atoms with Crippen LogP contribution in [0, 0.1) is 13.8 Å². The number of nitrogens with one attached hydrogen (secondary N) is 1. The quantitative estimate of drug-likeness (QED) is 0.868. The Bertz CT molecular complexity index is 557. The van der Waals surface area contributed by atoms with Gasteiger partial charge >= 0.3 is 0 Å². The third kappa shape index (κ3) is 3.69. The van der Waals surface area contributed by atoms with Crippen LogP contribution in [0.4, 0.5) is 0 Å². The molecule has 2 rings (SSSR count). The summed E-state index contributed by atoms with van der Waals surface area (Å²) in [6, 6.07) is 14.9. The molecule has 0 radical (unpaired) electrons. The number of rotatable bonds is 5. The van der Waals surface area contributed by atoms with Gasteiger partial charge in [-0.15, -0.1) is 0 Å². The van der Waals surface area contributed by atoms with Crippen molar-refractivity contribution in [2.24, 2.45) is 0 Å². The zero-order valence-electron chi connectivity index (χ0n) is 12.5. The molecule has 0 saturated heterocycles. The molecule has 0 amide bonds. The first-order valence-electron chi connectivity index (χ1n) is 7.09. The second-order valence-electron chi connectivity index (χ2n) is 5.45. The van der Waals surface area contributed by atoms with Crippen LogP contribution < -0.4 is 5.32 Å². The van der Waals surface area contributed by atoms with Crippen LogP contribution in [0.25, 0.3) is 0 Å². The second kappa shape index (κ2) is 6.69. The first-order valence-corrected chi connectivity index (χ1v) is 7.09. The smallest absolute Gasteiger partial charge is 0.0685 e. The Morgan fingerprint density at radius 3 is 2.20 bits per heavy atom. The van der Waals surface area contributed by atoms with Gasteiger partial charge < -0.3 is 10.4 Å². The number of aliphatic hydroxyl groups is 1. The van der Waals surface area contributed by atoms with Crippen LogP contribution in [-0.2, 0) is 13.2 Å². The van der Waals surface area contributed by atoms with Crippen molar-refractivity contribution in [1.82, 2.24) is 5.32 Å². The van der Waals surface area contributed by atoms with Crippen LogP contribution in [-0.4, -0.2) is 5.11 Å². The number of hydrogen-bond donors (Lipinski definition) is 2. The Labute approximate surface area is 121 Å². The second-order valence-corrected chi connectivity index (χ2v) is 5.45. The predicted molar refractivity (Wildman–Crippen MR) is 83.5 cm³/mol. The van der Waals surface area contributed by atoms with Crippen molar-refractivity contribution in [3.05, 3.63) is 70.3 Å². The largest absolute Gasteiger partial charge is 0.392 e. The van der Waals surface area contributed by atoms with Gasteiger partial charge in [-0.05, 0) is 37.5 Å². The molecule has 0 bridgehead atoms. The van der Waals surface area contributed by atoms with Crippen LogP contribution in [0.2, 0.25) is 0 Å². The Kier molecular flexibility index (Phi) is 4.94. The van der Waals surface area contributed by atoms with Crippen LogP contribution in [0.15, 0.2) is 42.5 Å². The van der Waals surface area contributed by atoms with Gasteiger partial charge in [0.05, 0.1) is 6.61 Å². The lowest BCUT2D eigenvalue weighted by atomic mass is 10.0. The van der Waals surface area contributed by atoms with E-state index in [9.17, 15) is 5.11 Å². The number of hydrogen-bond acceptors (Lipinski definition) is 2. The van der Waals surface area contributed by atoms with Crippen molar-refractivity contribution in [2.75, 3.05) is 0 Å². The topological polar surface area (TPSA) is 32.3 Å². The SMILES string of the molecule is Cc1cc(C)cc(C(C)NCc2ccccc2CO)c1. The van der Waals surface area contributed by atoms with E-state index in [-0.39, 0.29) is 6.61 Å². The van der Waals surface area contributed by atoms with Gasteiger partial charge in [0, 0.05) is 12.6 Å². The zero-order valence-corrected chi connectivity index (χ0v) is 12.5. The molecule has 0 aliphatic rings. The van der Waals surface area contributed by atoms with Gasteiger partial charge in [-0.1, -0.05) is 53.6 Å². The first kappa shape index (κ1) is 14.8. The molecule has 1 unspecified atom stereocenters. The molecule has 1 atom stereocenters. The molecule has 2 aromatic rings. The maximum absolute atomic E-state index is 9.35.